The molecule has 0 fully saturated rings. The van der Waals surface area contributed by atoms with E-state index in [1.165, 1.54) is 18.2 Å². The summed E-state index contributed by atoms with van der Waals surface area (Å²) in [6, 6.07) is 5.79. The zero-order valence-corrected chi connectivity index (χ0v) is 7.65. The standard InChI is InChI=1S/C8H8N4O3/c9-11-10-5-8(13)6-3-1-2-4-7(6)12(14)15/h1-4,8,13H,5H2. The number of rotatable bonds is 4. The lowest BCUT2D eigenvalue weighted by Gasteiger charge is -2.07. The molecule has 1 unspecified atom stereocenters. The van der Waals surface area contributed by atoms with Crippen LogP contribution in [0.25, 0.3) is 10.4 Å². The average molecular weight is 208 g/mol. The summed E-state index contributed by atoms with van der Waals surface area (Å²) in [7, 11) is 0. The molecule has 78 valence electrons. The molecule has 15 heavy (non-hydrogen) atoms. The molecule has 7 heteroatoms. The summed E-state index contributed by atoms with van der Waals surface area (Å²) >= 11 is 0. The molecule has 0 radical (unpaired) electrons. The van der Waals surface area contributed by atoms with Crippen molar-refractivity contribution in [2.45, 2.75) is 6.10 Å². The molecule has 1 N–H and O–H groups in total. The maximum absolute atomic E-state index is 10.6. The first kappa shape index (κ1) is 11.0. The van der Waals surface area contributed by atoms with Crippen LogP contribution in [-0.4, -0.2) is 16.6 Å². The van der Waals surface area contributed by atoms with Gasteiger partial charge in [-0.3, -0.25) is 10.1 Å². The Labute approximate surface area is 84.7 Å². The maximum Gasteiger partial charge on any atom is 0.275 e. The van der Waals surface area contributed by atoms with Crippen molar-refractivity contribution in [1.29, 1.82) is 0 Å². The Balaban J connectivity index is 3.01. The quantitative estimate of drug-likeness (QED) is 0.268. The van der Waals surface area contributed by atoms with Crippen LogP contribution < -0.4 is 0 Å². The van der Waals surface area contributed by atoms with Gasteiger partial charge in [0.05, 0.1) is 23.1 Å². The van der Waals surface area contributed by atoms with Crippen molar-refractivity contribution in [2.24, 2.45) is 5.11 Å². The minimum Gasteiger partial charge on any atom is -0.388 e. The predicted molar refractivity (Wildman–Crippen MR) is 52.1 cm³/mol. The van der Waals surface area contributed by atoms with E-state index in [1.807, 2.05) is 0 Å². The topological polar surface area (TPSA) is 112 Å². The van der Waals surface area contributed by atoms with Crippen molar-refractivity contribution in [3.8, 4) is 0 Å². The number of nitro benzene ring substituents is 1. The summed E-state index contributed by atoms with van der Waals surface area (Å²) in [6.07, 6.45) is -1.15. The molecule has 0 aliphatic heterocycles. The van der Waals surface area contributed by atoms with Crippen LogP contribution in [0.5, 0.6) is 0 Å². The number of aliphatic hydroxyl groups excluding tert-OH is 1. The lowest BCUT2D eigenvalue weighted by atomic mass is 10.1. The van der Waals surface area contributed by atoms with E-state index in [0.717, 1.165) is 0 Å². The largest absolute Gasteiger partial charge is 0.388 e. The molecule has 0 bridgehead atoms. The predicted octanol–water partition coefficient (Wildman–Crippen LogP) is 1.94. The monoisotopic (exact) mass is 208 g/mol. The first-order valence-corrected chi connectivity index (χ1v) is 4.09. The third kappa shape index (κ3) is 2.67. The number of hydrogen-bond acceptors (Lipinski definition) is 4. The number of aliphatic hydroxyl groups is 1. The van der Waals surface area contributed by atoms with E-state index in [2.05, 4.69) is 10.0 Å². The lowest BCUT2D eigenvalue weighted by Crippen LogP contribution is -2.04. The second-order valence-corrected chi connectivity index (χ2v) is 2.75. The van der Waals surface area contributed by atoms with Crippen molar-refractivity contribution in [3.05, 3.63) is 50.4 Å². The fourth-order valence-corrected chi connectivity index (χ4v) is 1.15. The first-order chi connectivity index (χ1) is 7.16. The van der Waals surface area contributed by atoms with Crippen molar-refractivity contribution >= 4 is 5.69 Å². The van der Waals surface area contributed by atoms with Crippen LogP contribution in [0, 0.1) is 10.1 Å². The fourth-order valence-electron chi connectivity index (χ4n) is 1.15. The van der Waals surface area contributed by atoms with Gasteiger partial charge in [0.25, 0.3) is 5.69 Å². The van der Waals surface area contributed by atoms with E-state index < -0.39 is 11.0 Å². The molecule has 0 aliphatic rings. The molecule has 1 aromatic carbocycles. The van der Waals surface area contributed by atoms with E-state index in [1.54, 1.807) is 6.07 Å². The van der Waals surface area contributed by atoms with Gasteiger partial charge in [-0.2, -0.15) is 0 Å². The average Bonchev–Trinajstić information content (AvgIpc) is 2.25. The van der Waals surface area contributed by atoms with E-state index >= 15 is 0 Å². The Morgan fingerprint density at radius 2 is 2.27 bits per heavy atom. The van der Waals surface area contributed by atoms with Crippen LogP contribution in [-0.2, 0) is 0 Å². The van der Waals surface area contributed by atoms with Crippen LogP contribution >= 0.6 is 0 Å². The van der Waals surface area contributed by atoms with E-state index in [4.69, 9.17) is 5.53 Å². The second-order valence-electron chi connectivity index (χ2n) is 2.75. The van der Waals surface area contributed by atoms with Gasteiger partial charge in [-0.05, 0) is 11.6 Å². The van der Waals surface area contributed by atoms with Crippen LogP contribution in [0.3, 0.4) is 0 Å². The van der Waals surface area contributed by atoms with Gasteiger partial charge in [0, 0.05) is 11.0 Å². The van der Waals surface area contributed by atoms with Gasteiger partial charge in [-0.15, -0.1) is 0 Å². The van der Waals surface area contributed by atoms with Gasteiger partial charge in [0.15, 0.2) is 0 Å². The third-order valence-corrected chi connectivity index (χ3v) is 1.81. The third-order valence-electron chi connectivity index (χ3n) is 1.81. The summed E-state index contributed by atoms with van der Waals surface area (Å²) in [4.78, 5) is 12.5. The van der Waals surface area contributed by atoms with Gasteiger partial charge in [-0.1, -0.05) is 17.2 Å². The lowest BCUT2D eigenvalue weighted by molar-refractivity contribution is -0.386. The number of azide groups is 1. The molecule has 7 nitrogen and oxygen atoms in total. The Morgan fingerprint density at radius 1 is 1.60 bits per heavy atom. The normalized spacial score (nSPS) is 11.5. The van der Waals surface area contributed by atoms with Crippen molar-refractivity contribution < 1.29 is 10.0 Å². The molecule has 0 aliphatic carbocycles. The minimum absolute atomic E-state index is 0.148. The molecular formula is C8H8N4O3. The zero-order chi connectivity index (χ0) is 11.3. The van der Waals surface area contributed by atoms with Gasteiger partial charge in [0.2, 0.25) is 0 Å². The maximum atomic E-state index is 10.6. The summed E-state index contributed by atoms with van der Waals surface area (Å²) in [5, 5.41) is 23.3. The molecule has 0 saturated carbocycles. The van der Waals surface area contributed by atoms with Crippen LogP contribution in [0.1, 0.15) is 11.7 Å². The Hall–Kier alpha value is -2.11. The number of benzene rings is 1. The molecule has 1 atom stereocenters. The van der Waals surface area contributed by atoms with Crippen molar-refractivity contribution in [3.63, 3.8) is 0 Å². The fraction of sp³-hybridized carbons (Fsp3) is 0.250. The molecule has 0 heterocycles. The number of para-hydroxylation sites is 1. The van der Waals surface area contributed by atoms with Gasteiger partial charge in [0.1, 0.15) is 0 Å². The van der Waals surface area contributed by atoms with Gasteiger partial charge in [-0.25, -0.2) is 0 Å². The molecular weight excluding hydrogens is 200 g/mol. The molecule has 0 aromatic heterocycles. The second kappa shape index (κ2) is 4.94. The molecule has 1 rings (SSSR count). The van der Waals surface area contributed by atoms with Crippen molar-refractivity contribution in [1.82, 2.24) is 0 Å². The highest BCUT2D eigenvalue weighted by Gasteiger charge is 2.18. The van der Waals surface area contributed by atoms with E-state index in [-0.39, 0.29) is 17.8 Å². The highest BCUT2D eigenvalue weighted by atomic mass is 16.6. The number of nitro groups is 1. The SMILES string of the molecule is [N-]=[N+]=NCC(O)c1ccccc1[N+](=O)[O-]. The van der Waals surface area contributed by atoms with Gasteiger partial charge < -0.3 is 5.11 Å². The minimum atomic E-state index is -1.15. The Morgan fingerprint density at radius 3 is 2.87 bits per heavy atom. The Bertz CT molecular complexity index is 414. The first-order valence-electron chi connectivity index (χ1n) is 4.09. The number of nitrogens with zero attached hydrogens (tertiary/aromatic N) is 4. The van der Waals surface area contributed by atoms with Gasteiger partial charge >= 0.3 is 0 Å². The molecule has 1 aromatic rings. The molecule has 0 saturated heterocycles. The summed E-state index contributed by atoms with van der Waals surface area (Å²) in [5.74, 6) is 0. The smallest absolute Gasteiger partial charge is 0.275 e. The summed E-state index contributed by atoms with van der Waals surface area (Å²) in [5.41, 5.74) is 8.02. The van der Waals surface area contributed by atoms with Crippen LogP contribution in [0.4, 0.5) is 5.69 Å². The summed E-state index contributed by atoms with van der Waals surface area (Å²) in [6.45, 7) is -0.221. The summed E-state index contributed by atoms with van der Waals surface area (Å²) < 4.78 is 0. The Kier molecular flexibility index (Phi) is 3.61. The number of hydrogen-bond donors (Lipinski definition) is 1. The van der Waals surface area contributed by atoms with Crippen LogP contribution in [0.2, 0.25) is 0 Å². The van der Waals surface area contributed by atoms with Crippen LogP contribution in [0.15, 0.2) is 29.4 Å². The van der Waals surface area contributed by atoms with E-state index in [0.29, 0.717) is 0 Å². The highest BCUT2D eigenvalue weighted by Crippen LogP contribution is 2.24. The molecule has 0 spiro atoms. The molecule has 0 amide bonds. The van der Waals surface area contributed by atoms with E-state index in [9.17, 15) is 15.2 Å². The highest BCUT2D eigenvalue weighted by molar-refractivity contribution is 5.41. The zero-order valence-electron chi connectivity index (χ0n) is 7.65. The van der Waals surface area contributed by atoms with Crippen molar-refractivity contribution in [2.75, 3.05) is 6.54 Å².